The standard InChI is InChI=1S/C74H124O6/c1-4-7-10-13-16-18-20-22-24-26-28-30-32-34-35-36-37-38-39-41-42-44-46-48-50-52-54-56-58-61-64-67-73(76)79-70-71(69-78-72(75)66-63-60-15-12-9-6-3)80-74(77)68-65-62-59-57-55-53-51-49-47-45-43-40-33-31-29-27-25-23-21-19-17-14-11-8-5-2/h8,11,17,19-20,22-23,25-26,28-29,31-32,34,40,43,47,49,53,55,71H,4-7,9-10,12-16,18,21,24,27,30,33,35-39,41-42,44-46,48,50-52,54,56-70H2,1-3H3/b11-8-,19-17-,22-20-,25-23-,28-26-,31-29-,34-32-,43-40-,49-47-,55-53-. The normalized spacial score (nSPS) is 12.9. The van der Waals surface area contributed by atoms with Crippen molar-refractivity contribution in [1.82, 2.24) is 0 Å². The molecule has 6 nitrogen and oxygen atoms in total. The molecule has 0 aliphatic heterocycles. The molecule has 0 bridgehead atoms. The lowest BCUT2D eigenvalue weighted by atomic mass is 10.0. The van der Waals surface area contributed by atoms with Crippen LogP contribution in [0, 0.1) is 0 Å². The summed E-state index contributed by atoms with van der Waals surface area (Å²) in [7, 11) is 0. The number of unbranched alkanes of at least 4 members (excludes halogenated alkanes) is 29. The number of carbonyl (C=O) groups is 3. The fourth-order valence-electron chi connectivity index (χ4n) is 9.20. The number of hydrogen-bond donors (Lipinski definition) is 0. The molecule has 0 heterocycles. The average molecular weight is 1110 g/mol. The van der Waals surface area contributed by atoms with Gasteiger partial charge in [0, 0.05) is 19.3 Å². The summed E-state index contributed by atoms with van der Waals surface area (Å²) in [6.07, 6.45) is 94.0. The summed E-state index contributed by atoms with van der Waals surface area (Å²) in [5, 5.41) is 0. The molecule has 0 saturated heterocycles. The third-order valence-corrected chi connectivity index (χ3v) is 14.2. The van der Waals surface area contributed by atoms with E-state index in [1.165, 1.54) is 148 Å². The van der Waals surface area contributed by atoms with Crippen LogP contribution in [0.3, 0.4) is 0 Å². The second kappa shape index (κ2) is 67.3. The summed E-state index contributed by atoms with van der Waals surface area (Å²) in [5.74, 6) is -0.930. The number of allylic oxidation sites excluding steroid dienone is 20. The van der Waals surface area contributed by atoms with Crippen LogP contribution in [0.4, 0.5) is 0 Å². The van der Waals surface area contributed by atoms with Crippen LogP contribution >= 0.6 is 0 Å². The second-order valence-corrected chi connectivity index (χ2v) is 22.0. The fraction of sp³-hybridized carbons (Fsp3) is 0.689. The van der Waals surface area contributed by atoms with Crippen molar-refractivity contribution in [1.29, 1.82) is 0 Å². The summed E-state index contributed by atoms with van der Waals surface area (Å²) in [6.45, 7) is 6.44. The van der Waals surface area contributed by atoms with Crippen LogP contribution in [0.2, 0.25) is 0 Å². The number of carbonyl (C=O) groups excluding carboxylic acids is 3. The molecule has 0 aromatic rings. The Hall–Kier alpha value is -4.19. The van der Waals surface area contributed by atoms with Crippen molar-refractivity contribution in [3.8, 4) is 0 Å². The highest BCUT2D eigenvalue weighted by Gasteiger charge is 2.19. The molecule has 0 aliphatic rings. The maximum atomic E-state index is 12.8. The van der Waals surface area contributed by atoms with Gasteiger partial charge in [-0.1, -0.05) is 296 Å². The summed E-state index contributed by atoms with van der Waals surface area (Å²) in [4.78, 5) is 38.0. The van der Waals surface area contributed by atoms with Crippen LogP contribution < -0.4 is 0 Å². The van der Waals surface area contributed by atoms with E-state index in [9.17, 15) is 14.4 Å². The Morgan fingerprint density at radius 2 is 0.487 bits per heavy atom. The summed E-state index contributed by atoms with van der Waals surface area (Å²) < 4.78 is 16.8. The molecule has 0 radical (unpaired) electrons. The fourth-order valence-corrected chi connectivity index (χ4v) is 9.20. The minimum atomic E-state index is -0.796. The minimum Gasteiger partial charge on any atom is -0.462 e. The smallest absolute Gasteiger partial charge is 0.306 e. The Bertz CT molecular complexity index is 1650. The van der Waals surface area contributed by atoms with Crippen molar-refractivity contribution in [3.05, 3.63) is 122 Å². The Morgan fingerprint density at radius 3 is 0.775 bits per heavy atom. The van der Waals surface area contributed by atoms with E-state index in [-0.39, 0.29) is 37.5 Å². The van der Waals surface area contributed by atoms with Crippen LogP contribution in [0.5, 0.6) is 0 Å². The monoisotopic (exact) mass is 1110 g/mol. The zero-order valence-electron chi connectivity index (χ0n) is 52.3. The third kappa shape index (κ3) is 64.6. The highest BCUT2D eigenvalue weighted by atomic mass is 16.6. The Morgan fingerprint density at radius 1 is 0.263 bits per heavy atom. The number of esters is 3. The molecule has 0 rings (SSSR count). The van der Waals surface area contributed by atoms with Gasteiger partial charge < -0.3 is 14.2 Å². The molecular formula is C74H124O6. The van der Waals surface area contributed by atoms with E-state index in [2.05, 4.69) is 142 Å². The van der Waals surface area contributed by atoms with Gasteiger partial charge in [-0.25, -0.2) is 0 Å². The molecule has 0 aromatic carbocycles. The number of rotatable bonds is 60. The maximum absolute atomic E-state index is 12.8. The molecule has 0 aliphatic carbocycles. The molecule has 0 spiro atoms. The average Bonchev–Trinajstić information content (AvgIpc) is 3.46. The first kappa shape index (κ1) is 75.8. The number of hydrogen-bond acceptors (Lipinski definition) is 6. The topological polar surface area (TPSA) is 78.9 Å². The van der Waals surface area contributed by atoms with E-state index in [0.717, 1.165) is 122 Å². The van der Waals surface area contributed by atoms with E-state index in [0.29, 0.717) is 12.8 Å². The molecule has 1 atom stereocenters. The summed E-state index contributed by atoms with van der Waals surface area (Å²) >= 11 is 0. The largest absolute Gasteiger partial charge is 0.462 e. The number of ether oxygens (including phenoxy) is 3. The molecular weight excluding hydrogens is 985 g/mol. The van der Waals surface area contributed by atoms with Gasteiger partial charge in [0.25, 0.3) is 0 Å². The molecule has 0 aromatic heterocycles. The van der Waals surface area contributed by atoms with Gasteiger partial charge >= 0.3 is 17.9 Å². The van der Waals surface area contributed by atoms with Crippen LogP contribution in [0.25, 0.3) is 0 Å². The molecule has 0 fully saturated rings. The predicted octanol–water partition coefficient (Wildman–Crippen LogP) is 23.2. The second-order valence-electron chi connectivity index (χ2n) is 22.0. The first-order valence-electron chi connectivity index (χ1n) is 33.5. The lowest BCUT2D eigenvalue weighted by Gasteiger charge is -2.18. The van der Waals surface area contributed by atoms with Gasteiger partial charge in [0.05, 0.1) is 0 Å². The van der Waals surface area contributed by atoms with Gasteiger partial charge in [0.1, 0.15) is 13.2 Å². The Labute approximate surface area is 494 Å². The summed E-state index contributed by atoms with van der Waals surface area (Å²) in [6, 6.07) is 0. The lowest BCUT2D eigenvalue weighted by molar-refractivity contribution is -0.167. The van der Waals surface area contributed by atoms with Gasteiger partial charge in [0.15, 0.2) is 6.10 Å². The quantitative estimate of drug-likeness (QED) is 0.0261. The molecule has 1 unspecified atom stereocenters. The Kier molecular flexibility index (Phi) is 63.8. The van der Waals surface area contributed by atoms with E-state index in [1.54, 1.807) is 0 Å². The molecule has 456 valence electrons. The Balaban J connectivity index is 4.12. The van der Waals surface area contributed by atoms with Crippen molar-refractivity contribution in [3.63, 3.8) is 0 Å². The molecule has 0 saturated carbocycles. The van der Waals surface area contributed by atoms with Crippen LogP contribution in [-0.2, 0) is 28.6 Å². The van der Waals surface area contributed by atoms with E-state index in [4.69, 9.17) is 14.2 Å². The van der Waals surface area contributed by atoms with Crippen LogP contribution in [-0.4, -0.2) is 37.2 Å². The zero-order valence-corrected chi connectivity index (χ0v) is 52.3. The molecule has 80 heavy (non-hydrogen) atoms. The molecule has 0 N–H and O–H groups in total. The highest BCUT2D eigenvalue weighted by molar-refractivity contribution is 5.71. The van der Waals surface area contributed by atoms with Crippen LogP contribution in [0.1, 0.15) is 310 Å². The van der Waals surface area contributed by atoms with Gasteiger partial charge in [-0.2, -0.15) is 0 Å². The van der Waals surface area contributed by atoms with E-state index < -0.39 is 6.10 Å². The SMILES string of the molecule is CC/C=C\C/C=C\C/C=C\C/C=C\C/C=C\C/C=C\C/C=C\CCCCCC(=O)OC(COC(=O)CCCCCCCC)COC(=O)CCCCCCCCCCCCCCCCCC/C=C\C/C=C\C/C=C\CCCCCCC. The maximum Gasteiger partial charge on any atom is 0.306 e. The van der Waals surface area contributed by atoms with Gasteiger partial charge in [-0.3, -0.25) is 14.4 Å². The van der Waals surface area contributed by atoms with Crippen LogP contribution in [0.15, 0.2) is 122 Å². The molecule has 0 amide bonds. The van der Waals surface area contributed by atoms with Crippen molar-refractivity contribution < 1.29 is 28.6 Å². The van der Waals surface area contributed by atoms with Crippen molar-refractivity contribution in [2.24, 2.45) is 0 Å². The lowest BCUT2D eigenvalue weighted by Crippen LogP contribution is -2.30. The molecule has 6 heteroatoms. The first-order valence-corrected chi connectivity index (χ1v) is 33.5. The van der Waals surface area contributed by atoms with Gasteiger partial charge in [-0.15, -0.1) is 0 Å². The van der Waals surface area contributed by atoms with Gasteiger partial charge in [0.2, 0.25) is 0 Å². The highest BCUT2D eigenvalue weighted by Crippen LogP contribution is 2.16. The summed E-state index contributed by atoms with van der Waals surface area (Å²) in [5.41, 5.74) is 0. The predicted molar refractivity (Wildman–Crippen MR) is 348 cm³/mol. The zero-order chi connectivity index (χ0) is 57.8. The van der Waals surface area contributed by atoms with Crippen molar-refractivity contribution in [2.75, 3.05) is 13.2 Å². The van der Waals surface area contributed by atoms with Crippen molar-refractivity contribution in [2.45, 2.75) is 316 Å². The van der Waals surface area contributed by atoms with E-state index >= 15 is 0 Å². The first-order chi connectivity index (χ1) is 39.5. The van der Waals surface area contributed by atoms with Crippen molar-refractivity contribution >= 4 is 17.9 Å². The van der Waals surface area contributed by atoms with E-state index in [1.807, 2.05) is 0 Å². The van der Waals surface area contributed by atoms with Gasteiger partial charge in [-0.05, 0) is 116 Å². The minimum absolute atomic E-state index is 0.0920. The third-order valence-electron chi connectivity index (χ3n) is 14.2.